The van der Waals surface area contributed by atoms with E-state index in [9.17, 15) is 21.8 Å². The Kier molecular flexibility index (Phi) is 6.13. The van der Waals surface area contributed by atoms with E-state index in [1.54, 1.807) is 0 Å². The van der Waals surface area contributed by atoms with Gasteiger partial charge >= 0.3 is 0 Å². The predicted octanol–water partition coefficient (Wildman–Crippen LogP) is 3.11. The van der Waals surface area contributed by atoms with Gasteiger partial charge in [0.15, 0.2) is 11.6 Å². The Labute approximate surface area is 155 Å². The molecule has 0 saturated carbocycles. The van der Waals surface area contributed by atoms with Crippen molar-refractivity contribution in [2.75, 3.05) is 26.4 Å². The van der Waals surface area contributed by atoms with Crippen LogP contribution < -0.4 is 4.74 Å². The molecule has 9 heteroatoms. The zero-order valence-corrected chi connectivity index (χ0v) is 14.8. The van der Waals surface area contributed by atoms with E-state index in [0.29, 0.717) is 6.07 Å². The van der Waals surface area contributed by atoms with Gasteiger partial charge in [-0.1, -0.05) is 0 Å². The zero-order chi connectivity index (χ0) is 19.6. The summed E-state index contributed by atoms with van der Waals surface area (Å²) >= 11 is 0. The maximum absolute atomic E-state index is 14.5. The number of aliphatic hydroxyl groups is 1. The number of benzene rings is 2. The second kappa shape index (κ2) is 8.37. The first kappa shape index (κ1) is 19.8. The summed E-state index contributed by atoms with van der Waals surface area (Å²) in [7, 11) is -2.11. The molecule has 1 N–H and O–H groups in total. The Bertz CT molecular complexity index is 841. The lowest BCUT2D eigenvalue weighted by molar-refractivity contribution is 0.0459. The third-order valence-electron chi connectivity index (χ3n) is 4.12. The van der Waals surface area contributed by atoms with Crippen LogP contribution in [0.3, 0.4) is 0 Å². The average Bonchev–Trinajstić information content (AvgIpc) is 2.63. The van der Waals surface area contributed by atoms with Crippen LogP contribution in [0.2, 0.25) is 0 Å². The summed E-state index contributed by atoms with van der Waals surface area (Å²) in [4.78, 5) is -0.193. The van der Waals surface area contributed by atoms with E-state index in [1.807, 2.05) is 0 Å². The Morgan fingerprint density at radius 3 is 2.44 bits per heavy atom. The molecule has 2 aromatic carbocycles. The molecule has 1 aliphatic rings. The normalized spacial score (nSPS) is 20.0. The first-order valence-corrected chi connectivity index (χ1v) is 9.29. The summed E-state index contributed by atoms with van der Waals surface area (Å²) in [5.74, 6) is -4.59. The van der Waals surface area contributed by atoms with Crippen molar-refractivity contribution in [1.82, 2.24) is 0 Å². The molecule has 3 atom stereocenters. The summed E-state index contributed by atoms with van der Waals surface area (Å²) in [6, 6.07) is 4.17. The maximum Gasteiger partial charge on any atom is 0.165 e. The molecule has 2 unspecified atom stereocenters. The fraction of sp³-hybridized carbons (Fsp3) is 0.333. The molecule has 0 spiro atoms. The number of rotatable bonds is 6. The molecule has 0 aromatic heterocycles. The van der Waals surface area contributed by atoms with Crippen molar-refractivity contribution in [3.05, 3.63) is 59.2 Å². The predicted molar refractivity (Wildman–Crippen MR) is 88.8 cm³/mol. The molecule has 4 nitrogen and oxygen atoms in total. The second-order valence-electron chi connectivity index (χ2n) is 5.96. The van der Waals surface area contributed by atoms with Crippen molar-refractivity contribution in [1.29, 1.82) is 0 Å². The molecule has 0 aliphatic carbocycles. The molecular weight excluding hydrogens is 388 g/mol. The third kappa shape index (κ3) is 4.15. The van der Waals surface area contributed by atoms with Gasteiger partial charge in [0.2, 0.25) is 0 Å². The quantitative estimate of drug-likeness (QED) is 0.594. The monoisotopic (exact) mass is 404 g/mol. The minimum Gasteiger partial charge on any atom is -0.490 e. The van der Waals surface area contributed by atoms with Gasteiger partial charge in [-0.25, -0.2) is 17.6 Å². The zero-order valence-electron chi connectivity index (χ0n) is 14.0. The molecule has 0 amide bonds. The van der Waals surface area contributed by atoms with E-state index in [2.05, 4.69) is 0 Å². The lowest BCUT2D eigenvalue weighted by atomic mass is 9.96. The van der Waals surface area contributed by atoms with E-state index in [4.69, 9.17) is 14.6 Å². The van der Waals surface area contributed by atoms with Gasteiger partial charge in [0.1, 0.15) is 17.5 Å². The van der Waals surface area contributed by atoms with E-state index >= 15 is 0 Å². The molecule has 1 heterocycles. The SMILES string of the molecule is O=S(c1cc(F)cc(F)c1)[C@@H]1c2c(F)ccc(F)c2OCC1COCCO. The number of halogens is 4. The van der Waals surface area contributed by atoms with Gasteiger partial charge in [-0.15, -0.1) is 0 Å². The summed E-state index contributed by atoms with van der Waals surface area (Å²) in [6.07, 6.45) is 0. The van der Waals surface area contributed by atoms with Crippen molar-refractivity contribution < 1.29 is 36.4 Å². The second-order valence-corrected chi connectivity index (χ2v) is 7.54. The maximum atomic E-state index is 14.5. The van der Waals surface area contributed by atoms with Crippen LogP contribution in [0, 0.1) is 29.2 Å². The lowest BCUT2D eigenvalue weighted by Gasteiger charge is -2.33. The molecule has 0 fully saturated rings. The number of hydrogen-bond acceptors (Lipinski definition) is 4. The summed E-state index contributed by atoms with van der Waals surface area (Å²) in [6.45, 7) is -0.462. The fourth-order valence-electron chi connectivity index (χ4n) is 2.98. The highest BCUT2D eigenvalue weighted by molar-refractivity contribution is 7.85. The van der Waals surface area contributed by atoms with Crippen LogP contribution >= 0.6 is 0 Å². The van der Waals surface area contributed by atoms with Crippen molar-refractivity contribution in [3.63, 3.8) is 0 Å². The smallest absolute Gasteiger partial charge is 0.165 e. The lowest BCUT2D eigenvalue weighted by Crippen LogP contribution is -2.33. The van der Waals surface area contributed by atoms with Crippen LogP contribution in [0.4, 0.5) is 17.6 Å². The van der Waals surface area contributed by atoms with Crippen LogP contribution in [0.1, 0.15) is 10.8 Å². The van der Waals surface area contributed by atoms with Gasteiger partial charge in [-0.2, -0.15) is 0 Å². The molecule has 3 rings (SSSR count). The number of ether oxygens (including phenoxy) is 2. The van der Waals surface area contributed by atoms with Gasteiger partial charge in [0.05, 0.1) is 42.5 Å². The topological polar surface area (TPSA) is 55.8 Å². The first-order valence-electron chi connectivity index (χ1n) is 8.08. The average molecular weight is 404 g/mol. The van der Waals surface area contributed by atoms with Crippen molar-refractivity contribution in [2.24, 2.45) is 5.92 Å². The van der Waals surface area contributed by atoms with Gasteiger partial charge in [0.25, 0.3) is 0 Å². The summed E-state index contributed by atoms with van der Waals surface area (Å²) < 4.78 is 79.3. The van der Waals surface area contributed by atoms with Crippen LogP contribution in [-0.2, 0) is 15.5 Å². The van der Waals surface area contributed by atoms with E-state index in [1.165, 1.54) is 0 Å². The van der Waals surface area contributed by atoms with Crippen molar-refractivity contribution >= 4 is 10.8 Å². The molecule has 146 valence electrons. The Morgan fingerprint density at radius 2 is 1.78 bits per heavy atom. The van der Waals surface area contributed by atoms with Crippen molar-refractivity contribution in [2.45, 2.75) is 10.1 Å². The van der Waals surface area contributed by atoms with E-state index < -0.39 is 45.2 Å². The van der Waals surface area contributed by atoms with Gasteiger partial charge in [0, 0.05) is 22.4 Å². The summed E-state index contributed by atoms with van der Waals surface area (Å²) in [5.41, 5.74) is -0.262. The number of fused-ring (bicyclic) bond motifs is 1. The summed E-state index contributed by atoms with van der Waals surface area (Å²) in [5, 5.41) is 7.69. The fourth-order valence-corrected chi connectivity index (χ4v) is 4.67. The number of hydrogen-bond donors (Lipinski definition) is 1. The van der Waals surface area contributed by atoms with Crippen molar-refractivity contribution in [3.8, 4) is 5.75 Å². The van der Waals surface area contributed by atoms with E-state index in [-0.39, 0.29) is 42.6 Å². The molecular formula is C18H16F4O4S. The standard InChI is InChI=1S/C18H16F4O4S/c19-11-5-12(20)7-13(6-11)27(24)18-10(8-25-4-3-23)9-26-17-15(22)2-1-14(21)16(17)18/h1-2,5-7,10,18,23H,3-4,8-9H2/t10?,18-,27?/m0/s1. The van der Waals surface area contributed by atoms with Crippen LogP contribution in [0.15, 0.2) is 35.2 Å². The highest BCUT2D eigenvalue weighted by Crippen LogP contribution is 2.44. The third-order valence-corrected chi connectivity index (χ3v) is 5.90. The first-order chi connectivity index (χ1) is 12.9. The molecule has 0 bridgehead atoms. The minimum atomic E-state index is -2.11. The largest absolute Gasteiger partial charge is 0.490 e. The van der Waals surface area contributed by atoms with Gasteiger partial charge in [-0.05, 0) is 24.3 Å². The van der Waals surface area contributed by atoms with Gasteiger partial charge < -0.3 is 14.6 Å². The minimum absolute atomic E-state index is 0.0110. The Morgan fingerprint density at radius 1 is 1.11 bits per heavy atom. The molecule has 0 radical (unpaired) electrons. The highest BCUT2D eigenvalue weighted by atomic mass is 32.2. The highest BCUT2D eigenvalue weighted by Gasteiger charge is 2.40. The van der Waals surface area contributed by atoms with Crippen LogP contribution in [0.5, 0.6) is 5.75 Å². The Hall–Kier alpha value is -1.97. The molecule has 27 heavy (non-hydrogen) atoms. The number of aliphatic hydroxyl groups excluding tert-OH is 1. The molecule has 1 aliphatic heterocycles. The molecule has 0 saturated heterocycles. The Balaban J connectivity index is 2.06. The molecule has 2 aromatic rings. The van der Waals surface area contributed by atoms with Crippen LogP contribution in [-0.4, -0.2) is 35.7 Å². The van der Waals surface area contributed by atoms with E-state index in [0.717, 1.165) is 24.3 Å². The van der Waals surface area contributed by atoms with Crippen LogP contribution in [0.25, 0.3) is 0 Å². The van der Waals surface area contributed by atoms with Gasteiger partial charge in [-0.3, -0.25) is 4.21 Å².